The Kier molecular flexibility index (Phi) is 4.64. The molecule has 22 heavy (non-hydrogen) atoms. The maximum absolute atomic E-state index is 12.7. The molecule has 0 saturated carbocycles. The Morgan fingerprint density at radius 3 is 3.00 bits per heavy atom. The Morgan fingerprint density at radius 1 is 1.45 bits per heavy atom. The molecule has 0 atom stereocenters. The maximum Gasteiger partial charge on any atom is 0.233 e. The van der Waals surface area contributed by atoms with E-state index in [-0.39, 0.29) is 5.91 Å². The van der Waals surface area contributed by atoms with Gasteiger partial charge in [-0.3, -0.25) is 4.79 Å². The molecular formula is C17H19BrN2OS. The Morgan fingerprint density at radius 2 is 2.27 bits per heavy atom. The molecule has 0 fully saturated rings. The Hall–Kier alpha value is -1.20. The van der Waals surface area contributed by atoms with Crippen molar-refractivity contribution in [2.45, 2.75) is 39.5 Å². The zero-order valence-electron chi connectivity index (χ0n) is 12.9. The topological polar surface area (TPSA) is 33.2 Å². The molecule has 1 aliphatic heterocycles. The summed E-state index contributed by atoms with van der Waals surface area (Å²) in [5.41, 5.74) is 4.42. The normalized spacial score (nSPS) is 14.0. The zero-order chi connectivity index (χ0) is 15.7. The van der Waals surface area contributed by atoms with Crippen LogP contribution >= 0.6 is 27.3 Å². The highest BCUT2D eigenvalue weighted by molar-refractivity contribution is 9.10. The van der Waals surface area contributed by atoms with Gasteiger partial charge in [0.1, 0.15) is 0 Å². The molecule has 0 N–H and O–H groups in total. The average Bonchev–Trinajstić information content (AvgIpc) is 2.93. The summed E-state index contributed by atoms with van der Waals surface area (Å²) in [6, 6.07) is 4.22. The van der Waals surface area contributed by atoms with Crippen molar-refractivity contribution < 1.29 is 4.79 Å². The first-order chi connectivity index (χ1) is 10.6. The lowest BCUT2D eigenvalue weighted by Gasteiger charge is -2.31. The molecule has 0 bridgehead atoms. The van der Waals surface area contributed by atoms with E-state index in [4.69, 9.17) is 0 Å². The number of anilines is 1. The molecule has 2 aromatic rings. The fraction of sp³-hybridized carbons (Fsp3) is 0.412. The van der Waals surface area contributed by atoms with Crippen LogP contribution in [-0.4, -0.2) is 17.4 Å². The van der Waals surface area contributed by atoms with Crippen LogP contribution in [0.1, 0.15) is 35.2 Å². The molecule has 2 heterocycles. The van der Waals surface area contributed by atoms with Gasteiger partial charge in [0.05, 0.1) is 17.1 Å². The summed E-state index contributed by atoms with van der Waals surface area (Å²) in [6.45, 7) is 4.97. The SMILES string of the molecule is CCc1nc(CC(=O)N2CCCc3cc(Br)cc(C)c32)cs1. The number of aryl methyl sites for hydroxylation is 3. The molecular weight excluding hydrogens is 360 g/mol. The predicted octanol–water partition coefficient (Wildman–Crippen LogP) is 4.30. The molecule has 3 nitrogen and oxygen atoms in total. The minimum Gasteiger partial charge on any atom is -0.312 e. The zero-order valence-corrected chi connectivity index (χ0v) is 15.3. The van der Waals surface area contributed by atoms with E-state index in [9.17, 15) is 4.79 Å². The molecule has 0 spiro atoms. The van der Waals surface area contributed by atoms with Crippen molar-refractivity contribution in [3.05, 3.63) is 43.8 Å². The van der Waals surface area contributed by atoms with Crippen molar-refractivity contribution in [3.8, 4) is 0 Å². The average molecular weight is 379 g/mol. The minimum atomic E-state index is 0.152. The Balaban J connectivity index is 1.85. The summed E-state index contributed by atoms with van der Waals surface area (Å²) >= 11 is 5.19. The molecule has 0 saturated heterocycles. The highest BCUT2D eigenvalue weighted by Gasteiger charge is 2.25. The summed E-state index contributed by atoms with van der Waals surface area (Å²) in [5.74, 6) is 0.152. The van der Waals surface area contributed by atoms with Crippen molar-refractivity contribution >= 4 is 38.9 Å². The predicted molar refractivity (Wildman–Crippen MR) is 94.7 cm³/mol. The summed E-state index contributed by atoms with van der Waals surface area (Å²) in [5, 5.41) is 3.11. The lowest BCUT2D eigenvalue weighted by atomic mass is 9.98. The van der Waals surface area contributed by atoms with Crippen molar-refractivity contribution in [3.63, 3.8) is 0 Å². The van der Waals surface area contributed by atoms with Crippen molar-refractivity contribution in [2.75, 3.05) is 11.4 Å². The lowest BCUT2D eigenvalue weighted by Crippen LogP contribution is -2.37. The number of nitrogens with zero attached hydrogens (tertiary/aromatic N) is 2. The molecule has 5 heteroatoms. The van der Waals surface area contributed by atoms with E-state index in [1.165, 1.54) is 5.56 Å². The van der Waals surface area contributed by atoms with Crippen LogP contribution in [0, 0.1) is 6.92 Å². The van der Waals surface area contributed by atoms with E-state index in [1.807, 2.05) is 10.3 Å². The van der Waals surface area contributed by atoms with Gasteiger partial charge in [0.25, 0.3) is 0 Å². The number of aromatic nitrogens is 1. The van der Waals surface area contributed by atoms with Gasteiger partial charge >= 0.3 is 0 Å². The number of thiazole rings is 1. The summed E-state index contributed by atoms with van der Waals surface area (Å²) in [4.78, 5) is 19.2. The van der Waals surface area contributed by atoms with Crippen molar-refractivity contribution in [2.24, 2.45) is 0 Å². The molecule has 116 valence electrons. The van der Waals surface area contributed by atoms with Gasteiger partial charge in [-0.15, -0.1) is 11.3 Å². The van der Waals surface area contributed by atoms with Crippen LogP contribution < -0.4 is 4.90 Å². The monoisotopic (exact) mass is 378 g/mol. The quantitative estimate of drug-likeness (QED) is 0.797. The van der Waals surface area contributed by atoms with E-state index in [0.717, 1.165) is 52.2 Å². The van der Waals surface area contributed by atoms with Gasteiger partial charge in [0, 0.05) is 22.1 Å². The van der Waals surface area contributed by atoms with Crippen LogP contribution in [0.2, 0.25) is 0 Å². The van der Waals surface area contributed by atoms with Crippen molar-refractivity contribution in [1.82, 2.24) is 4.98 Å². The van der Waals surface area contributed by atoms with Crippen LogP contribution in [0.25, 0.3) is 0 Å². The smallest absolute Gasteiger partial charge is 0.233 e. The fourth-order valence-electron chi connectivity index (χ4n) is 3.01. The number of hydrogen-bond donors (Lipinski definition) is 0. The van der Waals surface area contributed by atoms with Crippen LogP contribution in [0.5, 0.6) is 0 Å². The van der Waals surface area contributed by atoms with E-state index >= 15 is 0 Å². The summed E-state index contributed by atoms with van der Waals surface area (Å²) < 4.78 is 1.09. The van der Waals surface area contributed by atoms with Gasteiger partial charge in [-0.2, -0.15) is 0 Å². The summed E-state index contributed by atoms with van der Waals surface area (Å²) in [6.07, 6.45) is 3.38. The van der Waals surface area contributed by atoms with Crippen molar-refractivity contribution in [1.29, 1.82) is 0 Å². The molecule has 3 rings (SSSR count). The van der Waals surface area contributed by atoms with E-state index in [0.29, 0.717) is 6.42 Å². The first-order valence-corrected chi connectivity index (χ1v) is 9.28. The summed E-state index contributed by atoms with van der Waals surface area (Å²) in [7, 11) is 0. The highest BCUT2D eigenvalue weighted by atomic mass is 79.9. The van der Waals surface area contributed by atoms with Crippen LogP contribution in [0.15, 0.2) is 22.0 Å². The fourth-order valence-corrected chi connectivity index (χ4v) is 4.38. The second-order valence-corrected chi connectivity index (χ2v) is 7.50. The van der Waals surface area contributed by atoms with Gasteiger partial charge in [-0.25, -0.2) is 4.98 Å². The second-order valence-electron chi connectivity index (χ2n) is 5.64. The van der Waals surface area contributed by atoms with Gasteiger partial charge in [-0.1, -0.05) is 22.9 Å². The molecule has 1 aromatic carbocycles. The van der Waals surface area contributed by atoms with Gasteiger partial charge < -0.3 is 4.90 Å². The molecule has 0 radical (unpaired) electrons. The maximum atomic E-state index is 12.7. The third-order valence-electron chi connectivity index (χ3n) is 3.98. The number of rotatable bonds is 3. The molecule has 1 aliphatic rings. The molecule has 0 unspecified atom stereocenters. The first kappa shape index (κ1) is 15.7. The highest BCUT2D eigenvalue weighted by Crippen LogP contribution is 2.33. The van der Waals surface area contributed by atoms with Crippen LogP contribution in [0.3, 0.4) is 0 Å². The minimum absolute atomic E-state index is 0.152. The largest absolute Gasteiger partial charge is 0.312 e. The number of fused-ring (bicyclic) bond motifs is 1. The molecule has 0 aliphatic carbocycles. The van der Waals surface area contributed by atoms with Crippen LogP contribution in [0.4, 0.5) is 5.69 Å². The number of amides is 1. The molecule has 1 aromatic heterocycles. The van der Waals surface area contributed by atoms with Gasteiger partial charge in [0.15, 0.2) is 0 Å². The van der Waals surface area contributed by atoms with E-state index in [2.05, 4.69) is 46.9 Å². The second kappa shape index (κ2) is 6.50. The Bertz CT molecular complexity index is 711. The Labute approximate surface area is 143 Å². The van der Waals surface area contributed by atoms with E-state index < -0.39 is 0 Å². The lowest BCUT2D eigenvalue weighted by molar-refractivity contribution is -0.118. The first-order valence-electron chi connectivity index (χ1n) is 7.61. The number of carbonyl (C=O) groups excluding carboxylic acids is 1. The van der Waals surface area contributed by atoms with Gasteiger partial charge in [0.2, 0.25) is 5.91 Å². The van der Waals surface area contributed by atoms with Gasteiger partial charge in [-0.05, 0) is 49.4 Å². The molecule has 1 amide bonds. The number of halogens is 1. The number of hydrogen-bond acceptors (Lipinski definition) is 3. The van der Waals surface area contributed by atoms with E-state index in [1.54, 1.807) is 11.3 Å². The number of carbonyl (C=O) groups is 1. The van der Waals surface area contributed by atoms with Crippen LogP contribution in [-0.2, 0) is 24.1 Å². The number of benzene rings is 1. The third kappa shape index (κ3) is 3.10. The third-order valence-corrected chi connectivity index (χ3v) is 5.48. The standard InChI is InChI=1S/C17H19BrN2OS/c1-3-15-19-14(10-22-15)9-16(21)20-6-4-5-12-8-13(18)7-11(2)17(12)20/h7-8,10H,3-6,9H2,1-2H3.